The lowest BCUT2D eigenvalue weighted by molar-refractivity contribution is -0.131. The van der Waals surface area contributed by atoms with E-state index in [0.717, 1.165) is 35.6 Å². The van der Waals surface area contributed by atoms with Crippen molar-refractivity contribution in [1.82, 2.24) is 0 Å². The van der Waals surface area contributed by atoms with Crippen LogP contribution in [0.25, 0.3) is 0 Å². The number of nitrogens with zero attached hydrogens (tertiary/aromatic N) is 1. The Labute approximate surface area is 172 Å². The first kappa shape index (κ1) is 19.5. The van der Waals surface area contributed by atoms with E-state index in [1.807, 2.05) is 44.2 Å². The summed E-state index contributed by atoms with van der Waals surface area (Å²) in [5.74, 6) is -0.431. The Morgan fingerprint density at radius 3 is 2.17 bits per heavy atom. The van der Waals surface area contributed by atoms with Crippen LogP contribution in [0.3, 0.4) is 0 Å². The van der Waals surface area contributed by atoms with Crippen LogP contribution in [-0.2, 0) is 9.59 Å². The molecule has 1 saturated heterocycles. The van der Waals surface area contributed by atoms with Crippen molar-refractivity contribution in [2.45, 2.75) is 46.0 Å². The summed E-state index contributed by atoms with van der Waals surface area (Å²) >= 11 is 0. The summed E-state index contributed by atoms with van der Waals surface area (Å²) in [6.45, 7) is 6.17. The van der Waals surface area contributed by atoms with Crippen LogP contribution < -0.4 is 15.5 Å². The summed E-state index contributed by atoms with van der Waals surface area (Å²) in [7, 11) is 0. The summed E-state index contributed by atoms with van der Waals surface area (Å²) in [6, 6.07) is 13.8. The average Bonchev–Trinajstić information content (AvgIpc) is 3.55. The predicted molar refractivity (Wildman–Crippen MR) is 117 cm³/mol. The number of anilines is 3. The summed E-state index contributed by atoms with van der Waals surface area (Å²) in [5.41, 5.74) is 3.90. The highest BCUT2D eigenvalue weighted by Crippen LogP contribution is 2.47. The molecule has 29 heavy (non-hydrogen) atoms. The van der Waals surface area contributed by atoms with E-state index in [1.165, 1.54) is 24.9 Å². The molecule has 0 radical (unpaired) electrons. The fourth-order valence-corrected chi connectivity index (χ4v) is 3.97. The Bertz CT molecular complexity index is 910. The number of amides is 2. The standard InChI is InChI=1S/C24H29N3O2/c1-17-7-6-8-21(18(17)2)26-23(29)24(13-14-24)22(28)25-19-9-11-20(12-10-19)27-15-4-3-5-16-27/h6-12H,3-5,13-16H2,1-2H3,(H,25,28)(H,26,29). The molecule has 4 rings (SSSR count). The minimum absolute atomic E-state index is 0.214. The molecule has 2 N–H and O–H groups in total. The van der Waals surface area contributed by atoms with Crippen LogP contribution in [0.5, 0.6) is 0 Å². The second-order valence-corrected chi connectivity index (χ2v) is 8.33. The second kappa shape index (κ2) is 7.90. The van der Waals surface area contributed by atoms with E-state index < -0.39 is 5.41 Å². The lowest BCUT2D eigenvalue weighted by Gasteiger charge is -2.28. The van der Waals surface area contributed by atoms with Gasteiger partial charge in [-0.25, -0.2) is 0 Å². The summed E-state index contributed by atoms with van der Waals surface area (Å²) < 4.78 is 0. The molecule has 152 valence electrons. The van der Waals surface area contributed by atoms with Gasteiger partial charge < -0.3 is 15.5 Å². The van der Waals surface area contributed by atoms with Crippen molar-refractivity contribution in [1.29, 1.82) is 0 Å². The van der Waals surface area contributed by atoms with Gasteiger partial charge in [0.25, 0.3) is 0 Å². The van der Waals surface area contributed by atoms with Crippen LogP contribution >= 0.6 is 0 Å². The van der Waals surface area contributed by atoms with E-state index >= 15 is 0 Å². The molecule has 1 saturated carbocycles. The smallest absolute Gasteiger partial charge is 0.240 e. The van der Waals surface area contributed by atoms with Gasteiger partial charge in [0, 0.05) is 30.2 Å². The highest BCUT2D eigenvalue weighted by Gasteiger charge is 2.56. The maximum atomic E-state index is 12.9. The molecule has 1 heterocycles. The van der Waals surface area contributed by atoms with Gasteiger partial charge in [-0.1, -0.05) is 12.1 Å². The number of carbonyl (C=O) groups is 2. The van der Waals surface area contributed by atoms with Gasteiger partial charge in [0.1, 0.15) is 5.41 Å². The maximum absolute atomic E-state index is 12.9. The number of piperidine rings is 1. The number of hydrogen-bond donors (Lipinski definition) is 2. The van der Waals surface area contributed by atoms with Crippen LogP contribution in [0.2, 0.25) is 0 Å². The number of carbonyl (C=O) groups excluding carboxylic acids is 2. The average molecular weight is 392 g/mol. The van der Waals surface area contributed by atoms with Crippen LogP contribution in [0.1, 0.15) is 43.2 Å². The van der Waals surface area contributed by atoms with E-state index in [2.05, 4.69) is 27.7 Å². The Hall–Kier alpha value is -2.82. The summed E-state index contributed by atoms with van der Waals surface area (Å²) in [5, 5.41) is 5.92. The Morgan fingerprint density at radius 2 is 1.52 bits per heavy atom. The van der Waals surface area contributed by atoms with Gasteiger partial charge in [-0.3, -0.25) is 9.59 Å². The first-order valence-electron chi connectivity index (χ1n) is 10.5. The van der Waals surface area contributed by atoms with Crippen molar-refractivity contribution in [3.05, 3.63) is 53.6 Å². The number of hydrogen-bond acceptors (Lipinski definition) is 3. The Balaban J connectivity index is 1.41. The van der Waals surface area contributed by atoms with Crippen molar-refractivity contribution >= 4 is 28.9 Å². The molecule has 0 atom stereocenters. The normalized spacial score (nSPS) is 17.5. The molecular weight excluding hydrogens is 362 g/mol. The van der Waals surface area contributed by atoms with Gasteiger partial charge in [0.2, 0.25) is 11.8 Å². The highest BCUT2D eigenvalue weighted by atomic mass is 16.2. The predicted octanol–water partition coefficient (Wildman–Crippen LogP) is 4.65. The van der Waals surface area contributed by atoms with Gasteiger partial charge in [-0.15, -0.1) is 0 Å². The zero-order valence-corrected chi connectivity index (χ0v) is 17.3. The highest BCUT2D eigenvalue weighted by molar-refractivity contribution is 6.17. The van der Waals surface area contributed by atoms with Gasteiger partial charge in [-0.05, 0) is 87.4 Å². The van der Waals surface area contributed by atoms with E-state index in [1.54, 1.807) is 0 Å². The largest absolute Gasteiger partial charge is 0.372 e. The van der Waals surface area contributed by atoms with Crippen LogP contribution in [0.15, 0.2) is 42.5 Å². The van der Waals surface area contributed by atoms with Crippen molar-refractivity contribution in [2.24, 2.45) is 5.41 Å². The summed E-state index contributed by atoms with van der Waals surface area (Å²) in [4.78, 5) is 28.1. The van der Waals surface area contributed by atoms with Crippen molar-refractivity contribution in [2.75, 3.05) is 28.6 Å². The van der Waals surface area contributed by atoms with E-state index in [9.17, 15) is 9.59 Å². The minimum atomic E-state index is -0.957. The molecule has 1 aliphatic carbocycles. The van der Waals surface area contributed by atoms with Gasteiger partial charge in [0.05, 0.1) is 0 Å². The van der Waals surface area contributed by atoms with Crippen LogP contribution in [-0.4, -0.2) is 24.9 Å². The molecule has 1 aliphatic heterocycles. The molecule has 5 nitrogen and oxygen atoms in total. The van der Waals surface area contributed by atoms with Gasteiger partial charge in [-0.2, -0.15) is 0 Å². The SMILES string of the molecule is Cc1cccc(NC(=O)C2(C(=O)Nc3ccc(N4CCCCC4)cc3)CC2)c1C. The van der Waals surface area contributed by atoms with Crippen molar-refractivity contribution in [3.63, 3.8) is 0 Å². The number of aryl methyl sites for hydroxylation is 1. The second-order valence-electron chi connectivity index (χ2n) is 8.33. The maximum Gasteiger partial charge on any atom is 0.240 e. The van der Waals surface area contributed by atoms with E-state index in [0.29, 0.717) is 12.8 Å². The number of rotatable bonds is 5. The molecule has 5 heteroatoms. The molecule has 0 bridgehead atoms. The molecule has 2 aromatic rings. The number of benzene rings is 2. The zero-order chi connectivity index (χ0) is 20.4. The molecule has 2 aliphatic rings. The summed E-state index contributed by atoms with van der Waals surface area (Å²) in [6.07, 6.45) is 4.94. The molecular formula is C24H29N3O2. The molecule has 0 spiro atoms. The zero-order valence-electron chi connectivity index (χ0n) is 17.3. The quantitative estimate of drug-likeness (QED) is 0.729. The van der Waals surface area contributed by atoms with Crippen molar-refractivity contribution in [3.8, 4) is 0 Å². The fourth-order valence-electron chi connectivity index (χ4n) is 3.97. The van der Waals surface area contributed by atoms with E-state index in [4.69, 9.17) is 0 Å². The molecule has 0 unspecified atom stereocenters. The van der Waals surface area contributed by atoms with Gasteiger partial charge >= 0.3 is 0 Å². The fraction of sp³-hybridized carbons (Fsp3) is 0.417. The number of nitrogens with one attached hydrogen (secondary N) is 2. The Kier molecular flexibility index (Phi) is 5.31. The minimum Gasteiger partial charge on any atom is -0.372 e. The first-order valence-corrected chi connectivity index (χ1v) is 10.5. The molecule has 2 fully saturated rings. The van der Waals surface area contributed by atoms with Crippen LogP contribution in [0.4, 0.5) is 17.1 Å². The Morgan fingerprint density at radius 1 is 0.862 bits per heavy atom. The lowest BCUT2D eigenvalue weighted by atomic mass is 10.0. The third-order valence-electron chi connectivity index (χ3n) is 6.32. The van der Waals surface area contributed by atoms with E-state index in [-0.39, 0.29) is 11.8 Å². The molecule has 0 aromatic heterocycles. The first-order chi connectivity index (χ1) is 14.0. The topological polar surface area (TPSA) is 61.4 Å². The van der Waals surface area contributed by atoms with Crippen LogP contribution in [0, 0.1) is 19.3 Å². The van der Waals surface area contributed by atoms with Gasteiger partial charge in [0.15, 0.2) is 0 Å². The monoisotopic (exact) mass is 391 g/mol. The van der Waals surface area contributed by atoms with Crippen molar-refractivity contribution < 1.29 is 9.59 Å². The lowest BCUT2D eigenvalue weighted by Crippen LogP contribution is -2.35. The third kappa shape index (κ3) is 4.00. The third-order valence-corrected chi connectivity index (χ3v) is 6.32. The molecule has 2 aromatic carbocycles. The molecule has 2 amide bonds.